The zero-order valence-electron chi connectivity index (χ0n) is 12.9. The molecule has 1 amide bonds. The van der Waals surface area contributed by atoms with Crippen molar-refractivity contribution < 1.29 is 13.2 Å². The maximum Gasteiger partial charge on any atom is 0.272 e. The molecule has 122 valence electrons. The topological polar surface area (TPSA) is 92.3 Å². The van der Waals surface area contributed by atoms with Gasteiger partial charge in [0.25, 0.3) is 5.91 Å². The van der Waals surface area contributed by atoms with E-state index in [1.54, 1.807) is 13.1 Å². The summed E-state index contributed by atoms with van der Waals surface area (Å²) in [6, 6.07) is 1.33. The predicted molar refractivity (Wildman–Crippen MR) is 84.6 cm³/mol. The minimum Gasteiger partial charge on any atom is -0.370 e. The number of hydrogen-bond donors (Lipinski definition) is 1. The molecule has 1 fully saturated rings. The third-order valence-corrected chi connectivity index (χ3v) is 5.55. The molecule has 1 aliphatic rings. The van der Waals surface area contributed by atoms with Crippen molar-refractivity contribution >= 4 is 21.6 Å². The van der Waals surface area contributed by atoms with Crippen LogP contribution in [0.5, 0.6) is 0 Å². The summed E-state index contributed by atoms with van der Waals surface area (Å²) >= 11 is 0. The summed E-state index contributed by atoms with van der Waals surface area (Å²) in [5, 5.41) is 3.14. The Morgan fingerprint density at radius 1 is 1.45 bits per heavy atom. The number of rotatable bonds is 6. The van der Waals surface area contributed by atoms with E-state index in [-0.39, 0.29) is 29.1 Å². The fourth-order valence-electron chi connectivity index (χ4n) is 2.39. The van der Waals surface area contributed by atoms with E-state index in [4.69, 9.17) is 0 Å². The maximum atomic E-state index is 12.4. The van der Waals surface area contributed by atoms with Gasteiger partial charge < -0.3 is 10.2 Å². The Balaban J connectivity index is 2.04. The number of carbonyl (C=O) groups is 1. The average molecular weight is 326 g/mol. The van der Waals surface area contributed by atoms with Crippen molar-refractivity contribution in [3.63, 3.8) is 0 Å². The van der Waals surface area contributed by atoms with E-state index >= 15 is 0 Å². The van der Waals surface area contributed by atoms with Crippen LogP contribution in [-0.2, 0) is 9.84 Å². The zero-order valence-corrected chi connectivity index (χ0v) is 13.8. The van der Waals surface area contributed by atoms with Crippen LogP contribution in [0.4, 0.5) is 5.82 Å². The maximum absolute atomic E-state index is 12.4. The lowest BCUT2D eigenvalue weighted by Gasteiger charge is -2.23. The van der Waals surface area contributed by atoms with Gasteiger partial charge in [-0.2, -0.15) is 0 Å². The molecule has 1 unspecified atom stereocenters. The lowest BCUT2D eigenvalue weighted by atomic mass is 10.2. The molecule has 1 aromatic heterocycles. The van der Waals surface area contributed by atoms with Gasteiger partial charge in [0.1, 0.15) is 17.8 Å². The Morgan fingerprint density at radius 2 is 2.23 bits per heavy atom. The van der Waals surface area contributed by atoms with Gasteiger partial charge in [0.05, 0.1) is 11.5 Å². The Morgan fingerprint density at radius 3 is 2.86 bits per heavy atom. The monoisotopic (exact) mass is 326 g/mol. The first-order valence-electron chi connectivity index (χ1n) is 7.46. The molecule has 1 N–H and O–H groups in total. The highest BCUT2D eigenvalue weighted by Crippen LogP contribution is 2.18. The molecular formula is C14H22N4O3S. The predicted octanol–water partition coefficient (Wildman–Crippen LogP) is 0.948. The molecule has 22 heavy (non-hydrogen) atoms. The molecular weight excluding hydrogens is 304 g/mol. The Kier molecular flexibility index (Phi) is 5.33. The van der Waals surface area contributed by atoms with E-state index in [0.717, 1.165) is 19.4 Å². The first kappa shape index (κ1) is 16.7. The van der Waals surface area contributed by atoms with Crippen LogP contribution in [0.2, 0.25) is 0 Å². The quantitative estimate of drug-likeness (QED) is 0.782. The number of nitrogens with zero attached hydrogens (tertiary/aromatic N) is 3. The third-order valence-electron chi connectivity index (χ3n) is 3.80. The normalized spacial score (nSPS) is 19.8. The molecule has 0 aromatic carbocycles. The number of sulfone groups is 1. The molecule has 0 radical (unpaired) electrons. The van der Waals surface area contributed by atoms with Crippen molar-refractivity contribution in [3.05, 3.63) is 18.1 Å². The van der Waals surface area contributed by atoms with Gasteiger partial charge in [0.2, 0.25) is 0 Å². The fraction of sp³-hybridized carbons (Fsp3) is 0.643. The molecule has 8 heteroatoms. The van der Waals surface area contributed by atoms with E-state index < -0.39 is 9.84 Å². The fourth-order valence-corrected chi connectivity index (χ4v) is 4.17. The van der Waals surface area contributed by atoms with Gasteiger partial charge in [-0.15, -0.1) is 0 Å². The van der Waals surface area contributed by atoms with Crippen LogP contribution in [-0.4, -0.2) is 60.3 Å². The third kappa shape index (κ3) is 4.16. The highest BCUT2D eigenvalue weighted by molar-refractivity contribution is 7.91. The van der Waals surface area contributed by atoms with Gasteiger partial charge in [0.15, 0.2) is 9.84 Å². The van der Waals surface area contributed by atoms with Crippen LogP contribution in [0.25, 0.3) is 0 Å². The number of aromatic nitrogens is 2. The van der Waals surface area contributed by atoms with Crippen LogP contribution >= 0.6 is 0 Å². The van der Waals surface area contributed by atoms with Crippen molar-refractivity contribution in [2.45, 2.75) is 32.2 Å². The van der Waals surface area contributed by atoms with Gasteiger partial charge >= 0.3 is 0 Å². The molecule has 1 aliphatic heterocycles. The summed E-state index contributed by atoms with van der Waals surface area (Å²) in [6.07, 6.45) is 3.92. The number of anilines is 1. The van der Waals surface area contributed by atoms with Crippen molar-refractivity contribution in [1.82, 2.24) is 14.9 Å². The molecule has 1 saturated heterocycles. The number of unbranched alkanes of at least 4 members (excludes halogenated alkanes) is 1. The number of hydrogen-bond acceptors (Lipinski definition) is 6. The number of carbonyl (C=O) groups excluding carboxylic acids is 1. The van der Waals surface area contributed by atoms with Gasteiger partial charge in [-0.05, 0) is 12.8 Å². The van der Waals surface area contributed by atoms with E-state index in [9.17, 15) is 13.2 Å². The summed E-state index contributed by atoms with van der Waals surface area (Å²) in [6.45, 7) is 2.89. The first-order chi connectivity index (χ1) is 10.4. The van der Waals surface area contributed by atoms with Crippen LogP contribution in [0.1, 0.15) is 36.7 Å². The molecule has 2 heterocycles. The molecule has 0 spiro atoms. The molecule has 2 rings (SSSR count). The van der Waals surface area contributed by atoms with Crippen molar-refractivity contribution in [2.24, 2.45) is 0 Å². The van der Waals surface area contributed by atoms with Crippen molar-refractivity contribution in [2.75, 3.05) is 30.4 Å². The van der Waals surface area contributed by atoms with Crippen LogP contribution in [0, 0.1) is 0 Å². The molecule has 1 atom stereocenters. The van der Waals surface area contributed by atoms with Gasteiger partial charge in [-0.1, -0.05) is 13.3 Å². The second kappa shape index (κ2) is 7.04. The van der Waals surface area contributed by atoms with E-state index in [2.05, 4.69) is 22.2 Å². The first-order valence-corrected chi connectivity index (χ1v) is 9.28. The number of amides is 1. The molecule has 1 aromatic rings. The minimum atomic E-state index is -3.02. The summed E-state index contributed by atoms with van der Waals surface area (Å²) in [5.74, 6) is 0.507. The van der Waals surface area contributed by atoms with Gasteiger partial charge in [-0.25, -0.2) is 18.4 Å². The molecule has 7 nitrogen and oxygen atoms in total. The average Bonchev–Trinajstić information content (AvgIpc) is 2.86. The van der Waals surface area contributed by atoms with E-state index in [1.165, 1.54) is 11.2 Å². The SMILES string of the molecule is CCCCNc1cc(C(=O)N(C)C2CCS(=O)(=O)C2)ncn1. The standard InChI is InChI=1S/C14H22N4O3S/c1-3-4-6-15-13-8-12(16-10-17-13)14(19)18(2)11-5-7-22(20,21)9-11/h8,10-11H,3-7,9H2,1-2H3,(H,15,16,17). The van der Waals surface area contributed by atoms with Crippen LogP contribution < -0.4 is 5.32 Å². The van der Waals surface area contributed by atoms with Crippen molar-refractivity contribution in [1.29, 1.82) is 0 Å². The zero-order chi connectivity index (χ0) is 16.2. The largest absolute Gasteiger partial charge is 0.370 e. The second-order valence-electron chi connectivity index (χ2n) is 5.54. The summed E-state index contributed by atoms with van der Waals surface area (Å²) in [5.41, 5.74) is 0.279. The van der Waals surface area contributed by atoms with Crippen molar-refractivity contribution in [3.8, 4) is 0 Å². The highest BCUT2D eigenvalue weighted by Gasteiger charge is 2.33. The van der Waals surface area contributed by atoms with Gasteiger partial charge in [-0.3, -0.25) is 4.79 Å². The Labute approximate surface area is 131 Å². The lowest BCUT2D eigenvalue weighted by molar-refractivity contribution is 0.0741. The molecule has 0 saturated carbocycles. The summed E-state index contributed by atoms with van der Waals surface area (Å²) in [7, 11) is -1.39. The van der Waals surface area contributed by atoms with Crippen LogP contribution in [0.3, 0.4) is 0 Å². The minimum absolute atomic E-state index is 0.0297. The summed E-state index contributed by atoms with van der Waals surface area (Å²) in [4.78, 5) is 22.0. The van der Waals surface area contributed by atoms with E-state index in [1.807, 2.05) is 0 Å². The lowest BCUT2D eigenvalue weighted by Crippen LogP contribution is -2.38. The smallest absolute Gasteiger partial charge is 0.272 e. The highest BCUT2D eigenvalue weighted by atomic mass is 32.2. The Bertz CT molecular complexity index is 633. The summed E-state index contributed by atoms with van der Waals surface area (Å²) < 4.78 is 23.1. The van der Waals surface area contributed by atoms with E-state index in [0.29, 0.717) is 12.2 Å². The molecule has 0 bridgehead atoms. The Hall–Kier alpha value is -1.70. The van der Waals surface area contributed by atoms with Crippen LogP contribution in [0.15, 0.2) is 12.4 Å². The second-order valence-corrected chi connectivity index (χ2v) is 7.77. The van der Waals surface area contributed by atoms with Gasteiger partial charge in [0, 0.05) is 25.7 Å². The molecule has 0 aliphatic carbocycles. The number of nitrogens with one attached hydrogen (secondary N) is 1.